The van der Waals surface area contributed by atoms with Crippen LogP contribution in [0.1, 0.15) is 10.4 Å². The average molecular weight is 521 g/mol. The Morgan fingerprint density at radius 3 is 2.68 bits per heavy atom. The number of rotatable bonds is 4. The van der Waals surface area contributed by atoms with Gasteiger partial charge in [0.25, 0.3) is 5.91 Å². The summed E-state index contributed by atoms with van der Waals surface area (Å²) in [6.45, 7) is 2.69. The molecule has 2 aromatic carbocycles. The summed E-state index contributed by atoms with van der Waals surface area (Å²) in [4.78, 5) is 21.8. The molecule has 0 aliphatic carbocycles. The van der Waals surface area contributed by atoms with Crippen LogP contribution < -0.4 is 15.0 Å². The number of amidine groups is 1. The van der Waals surface area contributed by atoms with Crippen molar-refractivity contribution < 1.29 is 17.9 Å². The van der Waals surface area contributed by atoms with Gasteiger partial charge in [0, 0.05) is 48.7 Å². The standard InChI is InChI=1S/C23H25ClN4O4S2/c1-32-17-4-2-3-16(12-17)27-7-9-28(10-8-27)22(29)15-5-6-18(24)19(11-15)25-23-26-20-13-34(30,31)14-21(20)33-23/h2-6,11-12,20-21H,7-10,13-14H2,1H3,(H,25,26)/t20-,21-/m0/s1. The lowest BCUT2D eigenvalue weighted by Gasteiger charge is -2.36. The molecule has 2 saturated heterocycles. The number of carbonyl (C=O) groups excluding carboxylic acids is 1. The Bertz CT molecular complexity index is 1250. The van der Waals surface area contributed by atoms with Crippen LogP contribution in [0.15, 0.2) is 47.5 Å². The summed E-state index contributed by atoms with van der Waals surface area (Å²) >= 11 is 7.80. The van der Waals surface area contributed by atoms with Crippen molar-refractivity contribution in [1.29, 1.82) is 0 Å². The van der Waals surface area contributed by atoms with E-state index in [2.05, 4.69) is 15.2 Å². The Labute approximate surface area is 208 Å². The van der Waals surface area contributed by atoms with E-state index in [9.17, 15) is 13.2 Å². The fraction of sp³-hybridized carbons (Fsp3) is 0.391. The van der Waals surface area contributed by atoms with E-state index in [4.69, 9.17) is 16.3 Å². The maximum atomic E-state index is 13.2. The molecule has 8 nitrogen and oxygen atoms in total. The van der Waals surface area contributed by atoms with E-state index in [-0.39, 0.29) is 28.7 Å². The smallest absolute Gasteiger partial charge is 0.254 e. The van der Waals surface area contributed by atoms with E-state index in [0.29, 0.717) is 34.5 Å². The molecule has 2 aromatic rings. The van der Waals surface area contributed by atoms with Gasteiger partial charge in [0.1, 0.15) is 5.75 Å². The zero-order valence-electron chi connectivity index (χ0n) is 18.6. The SMILES string of the molecule is COc1cccc(N2CCN(C(=O)c3ccc(Cl)c(NC4=N[C@H]5CS(=O)(=O)C[C@@H]5S4)c3)CC2)c1. The third-order valence-electron chi connectivity index (χ3n) is 6.26. The van der Waals surface area contributed by atoms with Crippen molar-refractivity contribution in [3.8, 4) is 5.75 Å². The van der Waals surface area contributed by atoms with Crippen LogP contribution in [0, 0.1) is 0 Å². The second-order valence-corrected chi connectivity index (χ2v) is 12.3. The Morgan fingerprint density at radius 2 is 1.94 bits per heavy atom. The predicted octanol–water partition coefficient (Wildman–Crippen LogP) is 2.99. The molecule has 2 fully saturated rings. The monoisotopic (exact) mass is 520 g/mol. The van der Waals surface area contributed by atoms with Gasteiger partial charge in [-0.05, 0) is 30.3 Å². The number of halogens is 1. The first-order chi connectivity index (χ1) is 16.3. The molecule has 3 aliphatic rings. The number of fused-ring (bicyclic) bond motifs is 1. The fourth-order valence-corrected chi connectivity index (χ4v) is 8.28. The molecular formula is C23H25ClN4O4S2. The van der Waals surface area contributed by atoms with E-state index in [1.54, 1.807) is 25.3 Å². The van der Waals surface area contributed by atoms with Gasteiger partial charge in [-0.15, -0.1) is 0 Å². The van der Waals surface area contributed by atoms with Gasteiger partial charge in [-0.2, -0.15) is 0 Å². The summed E-state index contributed by atoms with van der Waals surface area (Å²) in [5.74, 6) is 0.996. The number of nitrogens with one attached hydrogen (secondary N) is 1. The highest BCUT2D eigenvalue weighted by molar-refractivity contribution is 8.15. The number of methoxy groups -OCH3 is 1. The summed E-state index contributed by atoms with van der Waals surface area (Å²) in [6, 6.07) is 12.9. The molecule has 180 valence electrons. The number of benzene rings is 2. The van der Waals surface area contributed by atoms with Gasteiger partial charge >= 0.3 is 0 Å². The molecule has 0 unspecified atom stereocenters. The zero-order valence-corrected chi connectivity index (χ0v) is 21.0. The first-order valence-corrected chi connectivity index (χ1v) is 14.1. The van der Waals surface area contributed by atoms with Crippen LogP contribution >= 0.6 is 23.4 Å². The van der Waals surface area contributed by atoms with Gasteiger partial charge in [0.2, 0.25) is 0 Å². The van der Waals surface area contributed by atoms with Crippen molar-refractivity contribution in [2.75, 3.05) is 55.0 Å². The maximum Gasteiger partial charge on any atom is 0.254 e. The van der Waals surface area contributed by atoms with Gasteiger partial charge in [-0.25, -0.2) is 8.42 Å². The van der Waals surface area contributed by atoms with Crippen molar-refractivity contribution in [2.24, 2.45) is 4.99 Å². The molecule has 2 atom stereocenters. The van der Waals surface area contributed by atoms with Crippen LogP contribution in [0.5, 0.6) is 5.75 Å². The topological polar surface area (TPSA) is 91.3 Å². The van der Waals surface area contributed by atoms with Crippen molar-refractivity contribution in [3.05, 3.63) is 53.1 Å². The molecule has 0 saturated carbocycles. The Balaban J connectivity index is 1.23. The van der Waals surface area contributed by atoms with Crippen molar-refractivity contribution in [2.45, 2.75) is 11.3 Å². The van der Waals surface area contributed by atoms with E-state index >= 15 is 0 Å². The van der Waals surface area contributed by atoms with Crippen molar-refractivity contribution in [3.63, 3.8) is 0 Å². The molecule has 3 heterocycles. The molecule has 1 N–H and O–H groups in total. The first kappa shape index (κ1) is 23.3. The summed E-state index contributed by atoms with van der Waals surface area (Å²) in [5.41, 5.74) is 2.22. The lowest BCUT2D eigenvalue weighted by atomic mass is 10.1. The summed E-state index contributed by atoms with van der Waals surface area (Å²) in [7, 11) is -1.36. The number of nitrogens with zero attached hydrogens (tertiary/aromatic N) is 3. The molecule has 34 heavy (non-hydrogen) atoms. The first-order valence-electron chi connectivity index (χ1n) is 11.0. The zero-order chi connectivity index (χ0) is 23.9. The third kappa shape index (κ3) is 4.85. The van der Waals surface area contributed by atoms with E-state index in [1.807, 2.05) is 29.2 Å². The van der Waals surface area contributed by atoms with E-state index in [1.165, 1.54) is 11.8 Å². The number of anilines is 2. The molecule has 3 aliphatic heterocycles. The number of carbonyl (C=O) groups is 1. The van der Waals surface area contributed by atoms with Gasteiger partial charge in [0.05, 0.1) is 35.4 Å². The fourth-order valence-electron chi connectivity index (χ4n) is 4.44. The van der Waals surface area contributed by atoms with Gasteiger partial charge < -0.3 is 19.9 Å². The number of piperazine rings is 1. The van der Waals surface area contributed by atoms with Crippen LogP contribution in [0.3, 0.4) is 0 Å². The van der Waals surface area contributed by atoms with Crippen molar-refractivity contribution >= 4 is 55.6 Å². The van der Waals surface area contributed by atoms with E-state index < -0.39 is 9.84 Å². The summed E-state index contributed by atoms with van der Waals surface area (Å²) in [6.07, 6.45) is 0. The minimum atomic E-state index is -3.01. The second kappa shape index (κ2) is 9.31. The van der Waals surface area contributed by atoms with Gasteiger partial charge in [-0.1, -0.05) is 29.4 Å². The average Bonchev–Trinajstić information content (AvgIpc) is 3.32. The largest absolute Gasteiger partial charge is 0.497 e. The highest BCUT2D eigenvalue weighted by Crippen LogP contribution is 2.36. The van der Waals surface area contributed by atoms with Gasteiger partial charge in [0.15, 0.2) is 15.0 Å². The molecule has 0 aromatic heterocycles. The molecule has 11 heteroatoms. The lowest BCUT2D eigenvalue weighted by Crippen LogP contribution is -2.48. The predicted molar refractivity (Wildman–Crippen MR) is 137 cm³/mol. The number of amides is 1. The van der Waals surface area contributed by atoms with Crippen LogP contribution in [-0.4, -0.2) is 80.5 Å². The van der Waals surface area contributed by atoms with Crippen LogP contribution in [-0.2, 0) is 9.84 Å². The number of ether oxygens (including phenoxy) is 1. The Kier molecular flexibility index (Phi) is 6.39. The highest BCUT2D eigenvalue weighted by Gasteiger charge is 2.42. The second-order valence-electron chi connectivity index (χ2n) is 8.54. The molecule has 0 spiro atoms. The summed E-state index contributed by atoms with van der Waals surface area (Å²) < 4.78 is 28.9. The molecule has 0 radical (unpaired) electrons. The highest BCUT2D eigenvalue weighted by atomic mass is 35.5. The Hall–Kier alpha value is -2.43. The Morgan fingerprint density at radius 1 is 1.15 bits per heavy atom. The normalized spacial score (nSPS) is 23.4. The molecule has 5 rings (SSSR count). The number of sulfone groups is 1. The third-order valence-corrected chi connectivity index (χ3v) is 9.73. The summed E-state index contributed by atoms with van der Waals surface area (Å²) in [5, 5.41) is 4.26. The minimum absolute atomic E-state index is 0.0472. The lowest BCUT2D eigenvalue weighted by molar-refractivity contribution is 0.0747. The maximum absolute atomic E-state index is 13.2. The van der Waals surface area contributed by atoms with E-state index in [0.717, 1.165) is 24.5 Å². The van der Waals surface area contributed by atoms with Crippen LogP contribution in [0.25, 0.3) is 0 Å². The van der Waals surface area contributed by atoms with Crippen molar-refractivity contribution in [1.82, 2.24) is 4.90 Å². The quantitative estimate of drug-likeness (QED) is 0.662. The number of thioether (sulfide) groups is 1. The number of hydrogen-bond acceptors (Lipinski definition) is 8. The molecular weight excluding hydrogens is 496 g/mol. The minimum Gasteiger partial charge on any atom is -0.497 e. The van der Waals surface area contributed by atoms with Crippen LogP contribution in [0.4, 0.5) is 11.4 Å². The number of hydrogen-bond donors (Lipinski definition) is 1. The van der Waals surface area contributed by atoms with Gasteiger partial charge in [-0.3, -0.25) is 9.79 Å². The number of aliphatic imine (C=N–C) groups is 1. The molecule has 1 amide bonds. The van der Waals surface area contributed by atoms with Crippen LogP contribution in [0.2, 0.25) is 5.02 Å². The molecule has 0 bridgehead atoms.